The van der Waals surface area contributed by atoms with Crippen molar-refractivity contribution in [2.45, 2.75) is 73.9 Å². The Morgan fingerprint density at radius 3 is 1.61 bits per heavy atom. The van der Waals surface area contributed by atoms with Crippen LogP contribution in [-0.2, 0) is 0 Å². The smallest absolute Gasteiger partial charge is 0.00754 e. The van der Waals surface area contributed by atoms with Gasteiger partial charge in [0.2, 0.25) is 0 Å². The Hall–Kier alpha value is -0.0800. The third-order valence-electron chi connectivity index (χ3n) is 4.95. The van der Waals surface area contributed by atoms with Crippen molar-refractivity contribution < 1.29 is 0 Å². The average Bonchev–Trinajstić information content (AvgIpc) is 2.25. The molecule has 0 radical (unpaired) electrons. The highest BCUT2D eigenvalue weighted by atomic mass is 15.2. The highest BCUT2D eigenvalue weighted by Gasteiger charge is 2.38. The van der Waals surface area contributed by atoms with Crippen molar-refractivity contribution in [3.05, 3.63) is 0 Å². The quantitative estimate of drug-likeness (QED) is 0.716. The fourth-order valence-corrected chi connectivity index (χ4v) is 3.55. The van der Waals surface area contributed by atoms with Gasteiger partial charge in [-0.1, -0.05) is 34.6 Å². The first-order valence-corrected chi connectivity index (χ1v) is 7.68. The number of rotatable bonds is 8. The molecule has 0 bridgehead atoms. The number of hydrogen-bond acceptors (Lipinski definition) is 2. The molecule has 0 amide bonds. The molecule has 0 aliphatic carbocycles. The minimum absolute atomic E-state index is 0.266. The van der Waals surface area contributed by atoms with Crippen LogP contribution in [0.4, 0.5) is 0 Å². The summed E-state index contributed by atoms with van der Waals surface area (Å²) in [6.07, 6.45) is 1.20. The van der Waals surface area contributed by atoms with Crippen molar-refractivity contribution in [2.24, 2.45) is 23.0 Å². The summed E-state index contributed by atoms with van der Waals surface area (Å²) in [4.78, 5) is 2.58. The number of nitrogens with two attached hydrogens (primary N) is 1. The lowest BCUT2D eigenvalue weighted by Crippen LogP contribution is -2.48. The van der Waals surface area contributed by atoms with Crippen LogP contribution in [0.15, 0.2) is 0 Å². The summed E-state index contributed by atoms with van der Waals surface area (Å²) in [5.74, 6) is 1.27. The zero-order chi connectivity index (χ0) is 14.5. The van der Waals surface area contributed by atoms with E-state index in [1.165, 1.54) is 6.42 Å². The molecule has 110 valence electrons. The molecule has 0 heterocycles. The van der Waals surface area contributed by atoms with Gasteiger partial charge in [-0.05, 0) is 57.5 Å². The van der Waals surface area contributed by atoms with E-state index < -0.39 is 0 Å². The second-order valence-electron chi connectivity index (χ2n) is 6.72. The minimum Gasteiger partial charge on any atom is -0.330 e. The molecular formula is C16H36N2. The van der Waals surface area contributed by atoms with Crippen molar-refractivity contribution in [3.63, 3.8) is 0 Å². The van der Waals surface area contributed by atoms with Crippen molar-refractivity contribution in [1.82, 2.24) is 4.90 Å². The Morgan fingerprint density at radius 1 is 0.944 bits per heavy atom. The zero-order valence-corrected chi connectivity index (χ0v) is 14.0. The van der Waals surface area contributed by atoms with E-state index in [1.54, 1.807) is 0 Å². The second-order valence-corrected chi connectivity index (χ2v) is 6.72. The SMILES string of the molecule is CCN(C(C)C)C(C)CC(CN)(C(C)C)C(C)C. The van der Waals surface area contributed by atoms with E-state index in [1.807, 2.05) is 0 Å². The molecule has 0 aliphatic rings. The predicted octanol–water partition coefficient (Wildman–Crippen LogP) is 3.75. The van der Waals surface area contributed by atoms with Crippen LogP contribution in [0.2, 0.25) is 0 Å². The number of hydrogen-bond donors (Lipinski definition) is 1. The molecule has 0 saturated heterocycles. The zero-order valence-electron chi connectivity index (χ0n) is 14.0. The van der Waals surface area contributed by atoms with Crippen LogP contribution in [0.1, 0.15) is 61.8 Å². The lowest BCUT2D eigenvalue weighted by Gasteiger charge is -2.45. The van der Waals surface area contributed by atoms with E-state index in [0.717, 1.165) is 13.1 Å². The van der Waals surface area contributed by atoms with Crippen molar-refractivity contribution >= 4 is 0 Å². The van der Waals surface area contributed by atoms with Crippen LogP contribution in [0.25, 0.3) is 0 Å². The Balaban J connectivity index is 4.98. The molecule has 0 rings (SSSR count). The van der Waals surface area contributed by atoms with E-state index in [9.17, 15) is 0 Å². The average molecular weight is 256 g/mol. The van der Waals surface area contributed by atoms with Gasteiger partial charge >= 0.3 is 0 Å². The minimum atomic E-state index is 0.266. The summed E-state index contributed by atoms with van der Waals surface area (Å²) in [5, 5.41) is 0. The van der Waals surface area contributed by atoms with Gasteiger partial charge in [0.1, 0.15) is 0 Å². The topological polar surface area (TPSA) is 29.3 Å². The summed E-state index contributed by atoms with van der Waals surface area (Å²) >= 11 is 0. The lowest BCUT2D eigenvalue weighted by molar-refractivity contribution is 0.0506. The van der Waals surface area contributed by atoms with Gasteiger partial charge in [-0.2, -0.15) is 0 Å². The highest BCUT2D eigenvalue weighted by Crippen LogP contribution is 2.40. The normalized spacial score (nSPS) is 15.2. The van der Waals surface area contributed by atoms with E-state index in [-0.39, 0.29) is 5.41 Å². The summed E-state index contributed by atoms with van der Waals surface area (Å²) in [5.41, 5.74) is 6.42. The van der Waals surface area contributed by atoms with Gasteiger partial charge in [-0.15, -0.1) is 0 Å². The summed E-state index contributed by atoms with van der Waals surface area (Å²) in [6, 6.07) is 1.21. The molecule has 0 saturated carbocycles. The summed E-state index contributed by atoms with van der Waals surface area (Å²) in [6.45, 7) is 20.4. The maximum Gasteiger partial charge on any atom is 0.00754 e. The van der Waals surface area contributed by atoms with Crippen LogP contribution in [-0.4, -0.2) is 30.1 Å². The second kappa shape index (κ2) is 7.49. The first-order valence-electron chi connectivity index (χ1n) is 7.68. The first-order chi connectivity index (χ1) is 8.22. The van der Waals surface area contributed by atoms with Gasteiger partial charge < -0.3 is 5.73 Å². The standard InChI is InChI=1S/C16H36N2/c1-9-18(14(6)7)15(8)10-16(11-17,12(2)3)13(4)5/h12-15H,9-11,17H2,1-8H3. The van der Waals surface area contributed by atoms with E-state index in [2.05, 4.69) is 60.3 Å². The third kappa shape index (κ3) is 3.96. The van der Waals surface area contributed by atoms with E-state index in [0.29, 0.717) is 23.9 Å². The van der Waals surface area contributed by atoms with Crippen LogP contribution >= 0.6 is 0 Å². The van der Waals surface area contributed by atoms with Crippen LogP contribution in [0, 0.1) is 17.3 Å². The van der Waals surface area contributed by atoms with Crippen molar-refractivity contribution in [3.8, 4) is 0 Å². The third-order valence-corrected chi connectivity index (χ3v) is 4.95. The van der Waals surface area contributed by atoms with Crippen LogP contribution in [0.3, 0.4) is 0 Å². The van der Waals surface area contributed by atoms with Gasteiger partial charge in [-0.25, -0.2) is 0 Å². The number of nitrogens with zero attached hydrogens (tertiary/aromatic N) is 1. The van der Waals surface area contributed by atoms with E-state index in [4.69, 9.17) is 5.73 Å². The molecule has 2 N–H and O–H groups in total. The van der Waals surface area contributed by atoms with Gasteiger partial charge in [0, 0.05) is 12.1 Å². The maximum atomic E-state index is 6.16. The molecule has 0 aromatic rings. The molecule has 1 unspecified atom stereocenters. The first kappa shape index (κ1) is 17.9. The molecule has 0 aliphatic heterocycles. The Kier molecular flexibility index (Phi) is 7.46. The summed E-state index contributed by atoms with van der Waals surface area (Å²) in [7, 11) is 0. The molecule has 0 fully saturated rings. The van der Waals surface area contributed by atoms with Crippen LogP contribution < -0.4 is 5.73 Å². The molecule has 1 atom stereocenters. The fraction of sp³-hybridized carbons (Fsp3) is 1.00. The molecule has 0 aromatic carbocycles. The van der Waals surface area contributed by atoms with Crippen LogP contribution in [0.5, 0.6) is 0 Å². The van der Waals surface area contributed by atoms with Gasteiger partial charge in [0.05, 0.1) is 0 Å². The molecule has 2 heteroatoms. The van der Waals surface area contributed by atoms with E-state index >= 15 is 0 Å². The van der Waals surface area contributed by atoms with Crippen molar-refractivity contribution in [1.29, 1.82) is 0 Å². The Bertz CT molecular complexity index is 213. The predicted molar refractivity (Wildman–Crippen MR) is 82.8 cm³/mol. The molecule has 2 nitrogen and oxygen atoms in total. The van der Waals surface area contributed by atoms with Gasteiger partial charge in [-0.3, -0.25) is 4.90 Å². The monoisotopic (exact) mass is 256 g/mol. The van der Waals surface area contributed by atoms with Gasteiger partial charge in [0.15, 0.2) is 0 Å². The fourth-order valence-electron chi connectivity index (χ4n) is 3.55. The molecule has 0 aromatic heterocycles. The molecule has 18 heavy (non-hydrogen) atoms. The lowest BCUT2D eigenvalue weighted by atomic mass is 9.65. The largest absolute Gasteiger partial charge is 0.330 e. The van der Waals surface area contributed by atoms with Gasteiger partial charge in [0.25, 0.3) is 0 Å². The Morgan fingerprint density at radius 2 is 1.39 bits per heavy atom. The van der Waals surface area contributed by atoms with Crippen molar-refractivity contribution in [2.75, 3.05) is 13.1 Å². The molecule has 0 spiro atoms. The Labute approximate surface area is 115 Å². The summed E-state index contributed by atoms with van der Waals surface area (Å²) < 4.78 is 0. The maximum absolute atomic E-state index is 6.16. The molecular weight excluding hydrogens is 220 g/mol. The highest BCUT2D eigenvalue weighted by molar-refractivity contribution is 4.90.